The first-order valence-electron chi connectivity index (χ1n) is 8.52. The number of aryl methyl sites for hydroxylation is 1. The quantitative estimate of drug-likeness (QED) is 0.555. The van der Waals surface area contributed by atoms with E-state index in [1.54, 1.807) is 33.9 Å². The molecule has 2 aromatic rings. The van der Waals surface area contributed by atoms with Crippen LogP contribution in [0.2, 0.25) is 5.02 Å². The molecule has 0 unspecified atom stereocenters. The van der Waals surface area contributed by atoms with Crippen molar-refractivity contribution < 1.29 is 19.0 Å². The van der Waals surface area contributed by atoms with Crippen LogP contribution in [0.4, 0.5) is 5.69 Å². The molecule has 0 bridgehead atoms. The average Bonchev–Trinajstić information content (AvgIpc) is 3.03. The van der Waals surface area contributed by atoms with E-state index in [0.717, 1.165) is 6.07 Å². The maximum atomic E-state index is 12.8. The highest BCUT2D eigenvalue weighted by atomic mass is 35.5. The third-order valence-electron chi connectivity index (χ3n) is 4.08. The molecule has 1 aromatic heterocycles. The molecule has 1 atom stereocenters. The summed E-state index contributed by atoms with van der Waals surface area (Å²) in [5.41, 5.74) is 0.432. The second-order valence-corrected chi connectivity index (χ2v) is 7.15. The molecule has 0 fully saturated rings. The Hall–Kier alpha value is -2.94. The lowest BCUT2D eigenvalue weighted by Crippen LogP contribution is -2.50. The molecule has 1 aromatic carbocycles. The van der Waals surface area contributed by atoms with E-state index < -0.39 is 16.9 Å². The van der Waals surface area contributed by atoms with Gasteiger partial charge < -0.3 is 14.7 Å². The van der Waals surface area contributed by atoms with E-state index in [0.29, 0.717) is 11.5 Å². The Bertz CT molecular complexity index is 896. The van der Waals surface area contributed by atoms with Crippen molar-refractivity contribution in [1.82, 2.24) is 15.4 Å². The maximum Gasteiger partial charge on any atom is 0.270 e. The number of amides is 2. The summed E-state index contributed by atoms with van der Waals surface area (Å²) in [5, 5.41) is 17.3. The molecule has 9 nitrogen and oxygen atoms in total. The summed E-state index contributed by atoms with van der Waals surface area (Å²) in [6.07, 6.45) is 0. The zero-order valence-corrected chi connectivity index (χ0v) is 16.7. The second-order valence-electron chi connectivity index (χ2n) is 6.74. The molecule has 1 heterocycles. The number of non-ortho nitro benzene ring substituents is 1. The maximum absolute atomic E-state index is 12.8. The molecule has 2 amide bonds. The van der Waals surface area contributed by atoms with E-state index in [2.05, 4.69) is 10.5 Å². The van der Waals surface area contributed by atoms with Crippen molar-refractivity contribution in [3.05, 3.63) is 56.4 Å². The molecule has 1 N–H and O–H groups in total. The highest BCUT2D eigenvalue weighted by molar-refractivity contribution is 6.34. The van der Waals surface area contributed by atoms with Crippen molar-refractivity contribution in [2.45, 2.75) is 33.4 Å². The van der Waals surface area contributed by atoms with Crippen LogP contribution in [0.1, 0.15) is 35.7 Å². The number of likely N-dealkylation sites (N-methyl/N-ethyl adjacent to an activating group) is 1. The Balaban J connectivity index is 2.14. The van der Waals surface area contributed by atoms with Crippen molar-refractivity contribution in [3.8, 4) is 0 Å². The van der Waals surface area contributed by atoms with Crippen LogP contribution in [0.15, 0.2) is 28.8 Å². The molecule has 0 radical (unpaired) electrons. The van der Waals surface area contributed by atoms with Crippen LogP contribution in [0.25, 0.3) is 0 Å². The SMILES string of the molecule is Cc1cc(CN(C)C(=O)[C@H](NC(=O)c2ccc([N+](=O)[O-])cc2Cl)C(C)C)no1. The Labute approximate surface area is 166 Å². The summed E-state index contributed by atoms with van der Waals surface area (Å²) in [5.74, 6) is -0.452. The van der Waals surface area contributed by atoms with Gasteiger partial charge in [-0.25, -0.2) is 0 Å². The van der Waals surface area contributed by atoms with Gasteiger partial charge in [-0.1, -0.05) is 30.6 Å². The molecule has 2 rings (SSSR count). The number of halogens is 1. The summed E-state index contributed by atoms with van der Waals surface area (Å²) in [7, 11) is 1.60. The average molecular weight is 409 g/mol. The van der Waals surface area contributed by atoms with Gasteiger partial charge in [0.05, 0.1) is 22.1 Å². The molecule has 0 aliphatic rings. The zero-order valence-electron chi connectivity index (χ0n) is 15.9. The highest BCUT2D eigenvalue weighted by Crippen LogP contribution is 2.23. The van der Waals surface area contributed by atoms with Crippen LogP contribution >= 0.6 is 11.6 Å². The predicted octanol–water partition coefficient (Wildman–Crippen LogP) is 2.96. The molecule has 28 heavy (non-hydrogen) atoms. The molecule has 0 saturated heterocycles. The predicted molar refractivity (Wildman–Crippen MR) is 102 cm³/mol. The fourth-order valence-electron chi connectivity index (χ4n) is 2.59. The van der Waals surface area contributed by atoms with Crippen molar-refractivity contribution in [3.63, 3.8) is 0 Å². The lowest BCUT2D eigenvalue weighted by Gasteiger charge is -2.26. The number of nitrogens with one attached hydrogen (secondary N) is 1. The van der Waals surface area contributed by atoms with Gasteiger partial charge in [0.1, 0.15) is 17.5 Å². The lowest BCUT2D eigenvalue weighted by atomic mass is 10.0. The number of nitrogens with zero attached hydrogens (tertiary/aromatic N) is 3. The molecule has 0 aliphatic heterocycles. The summed E-state index contributed by atoms with van der Waals surface area (Å²) >= 11 is 6.00. The van der Waals surface area contributed by atoms with E-state index in [9.17, 15) is 19.7 Å². The smallest absolute Gasteiger partial charge is 0.270 e. The Morgan fingerprint density at radius 3 is 2.54 bits per heavy atom. The number of carbonyl (C=O) groups excluding carboxylic acids is 2. The van der Waals surface area contributed by atoms with E-state index in [1.165, 1.54) is 17.0 Å². The minimum absolute atomic E-state index is 0.0560. The number of benzene rings is 1. The number of carbonyl (C=O) groups is 2. The number of aromatic nitrogens is 1. The second kappa shape index (κ2) is 8.83. The van der Waals surface area contributed by atoms with Gasteiger partial charge in [-0.05, 0) is 18.9 Å². The van der Waals surface area contributed by atoms with Crippen LogP contribution < -0.4 is 5.32 Å². The molecule has 150 valence electrons. The molecular weight excluding hydrogens is 388 g/mol. The minimum atomic E-state index is -0.809. The Morgan fingerprint density at radius 1 is 1.36 bits per heavy atom. The molecular formula is C18H21ClN4O5. The number of hydrogen-bond acceptors (Lipinski definition) is 6. The summed E-state index contributed by atoms with van der Waals surface area (Å²) in [4.78, 5) is 37.1. The van der Waals surface area contributed by atoms with Crippen molar-refractivity contribution in [1.29, 1.82) is 0 Å². The van der Waals surface area contributed by atoms with E-state index in [4.69, 9.17) is 16.1 Å². The van der Waals surface area contributed by atoms with Gasteiger partial charge >= 0.3 is 0 Å². The van der Waals surface area contributed by atoms with Gasteiger partial charge in [-0.2, -0.15) is 0 Å². The van der Waals surface area contributed by atoms with Crippen molar-refractivity contribution >= 4 is 29.1 Å². The van der Waals surface area contributed by atoms with Crippen LogP contribution in [-0.2, 0) is 11.3 Å². The Kier molecular flexibility index (Phi) is 6.74. The summed E-state index contributed by atoms with van der Waals surface area (Å²) in [6, 6.07) is 4.47. The molecule has 0 spiro atoms. The third kappa shape index (κ3) is 5.07. The number of hydrogen-bond donors (Lipinski definition) is 1. The Morgan fingerprint density at radius 2 is 2.04 bits per heavy atom. The first-order valence-corrected chi connectivity index (χ1v) is 8.90. The van der Waals surface area contributed by atoms with Gasteiger partial charge in [0.15, 0.2) is 0 Å². The van der Waals surface area contributed by atoms with Gasteiger partial charge in [-0.3, -0.25) is 19.7 Å². The fraction of sp³-hybridized carbons (Fsp3) is 0.389. The van der Waals surface area contributed by atoms with Crippen LogP contribution in [0.3, 0.4) is 0 Å². The van der Waals surface area contributed by atoms with Crippen molar-refractivity contribution in [2.24, 2.45) is 5.92 Å². The normalized spacial score (nSPS) is 11.9. The first kappa shape index (κ1) is 21.4. The number of nitro benzene ring substituents is 1. The summed E-state index contributed by atoms with van der Waals surface area (Å²) < 4.78 is 4.99. The highest BCUT2D eigenvalue weighted by Gasteiger charge is 2.28. The van der Waals surface area contributed by atoms with E-state index in [1.807, 2.05) is 0 Å². The van der Waals surface area contributed by atoms with Crippen molar-refractivity contribution in [2.75, 3.05) is 7.05 Å². The van der Waals surface area contributed by atoms with Crippen LogP contribution in [0.5, 0.6) is 0 Å². The van der Waals surface area contributed by atoms with Crippen LogP contribution in [-0.4, -0.2) is 39.9 Å². The topological polar surface area (TPSA) is 119 Å². The fourth-order valence-corrected chi connectivity index (χ4v) is 2.85. The van der Waals surface area contributed by atoms with Gasteiger partial charge in [0.2, 0.25) is 5.91 Å². The molecule has 0 saturated carbocycles. The lowest BCUT2D eigenvalue weighted by molar-refractivity contribution is -0.384. The zero-order chi connectivity index (χ0) is 21.0. The molecule has 0 aliphatic carbocycles. The van der Waals surface area contributed by atoms with E-state index in [-0.39, 0.29) is 34.6 Å². The third-order valence-corrected chi connectivity index (χ3v) is 4.39. The number of nitro groups is 1. The minimum Gasteiger partial charge on any atom is -0.361 e. The van der Waals surface area contributed by atoms with Gasteiger partial charge in [0.25, 0.3) is 11.6 Å². The van der Waals surface area contributed by atoms with Gasteiger partial charge in [-0.15, -0.1) is 0 Å². The summed E-state index contributed by atoms with van der Waals surface area (Å²) in [6.45, 7) is 5.58. The number of rotatable bonds is 7. The van der Waals surface area contributed by atoms with Gasteiger partial charge in [0, 0.05) is 25.2 Å². The van der Waals surface area contributed by atoms with E-state index >= 15 is 0 Å². The first-order chi connectivity index (χ1) is 13.1. The standard InChI is InChI=1S/C18H21ClN4O5/c1-10(2)16(18(25)22(4)9-12-7-11(3)28-21-12)20-17(24)14-6-5-13(23(26)27)8-15(14)19/h5-8,10,16H,9H2,1-4H3,(H,20,24)/t16-/m1/s1. The largest absolute Gasteiger partial charge is 0.361 e. The monoisotopic (exact) mass is 408 g/mol. The van der Waals surface area contributed by atoms with Crippen LogP contribution in [0, 0.1) is 23.0 Å². The molecule has 10 heteroatoms.